The van der Waals surface area contributed by atoms with Gasteiger partial charge in [-0.1, -0.05) is 11.8 Å². The van der Waals surface area contributed by atoms with Crippen LogP contribution in [0, 0.1) is 23.1 Å². The van der Waals surface area contributed by atoms with Crippen LogP contribution in [0.2, 0.25) is 0 Å². The van der Waals surface area contributed by atoms with Crippen LogP contribution in [-0.4, -0.2) is 33.5 Å². The second-order valence-electron chi connectivity index (χ2n) is 5.29. The van der Waals surface area contributed by atoms with Gasteiger partial charge in [0.05, 0.1) is 17.6 Å². The number of amides is 1. The second kappa shape index (κ2) is 5.26. The summed E-state index contributed by atoms with van der Waals surface area (Å²) in [5.41, 5.74) is -0.764. The van der Waals surface area contributed by atoms with Crippen LogP contribution in [0.1, 0.15) is 18.4 Å². The molecular weight excluding hydrogens is 311 g/mol. The number of anilines is 1. The highest BCUT2D eigenvalue weighted by Gasteiger charge is 2.40. The molecule has 0 spiro atoms. The number of nitrogens with zero attached hydrogens (tertiary/aromatic N) is 1. The van der Waals surface area contributed by atoms with Crippen molar-refractivity contribution in [3.8, 4) is 17.6 Å². The fourth-order valence-corrected chi connectivity index (χ4v) is 3.04. The SMILES string of the molecule is O=C1CN(c2c(O)ccc(C#CC3(CO)CC3)c2F)S(=O)N1. The lowest BCUT2D eigenvalue weighted by atomic mass is 10.1. The third-order valence-corrected chi connectivity index (χ3v) is 4.77. The standard InChI is InChI=1S/C14H13FN2O4S/c15-12-9(3-4-14(8-18)5-6-14)1-2-10(19)13(12)17-7-11(20)16-22(17)21/h1-2,18-19H,5-8H2,(H,16,20). The molecule has 1 atom stereocenters. The van der Waals surface area contributed by atoms with E-state index >= 15 is 0 Å². The van der Waals surface area contributed by atoms with Gasteiger partial charge in [-0.05, 0) is 25.0 Å². The van der Waals surface area contributed by atoms with Gasteiger partial charge in [-0.2, -0.15) is 0 Å². The number of halogens is 1. The molecular formula is C14H13FN2O4S. The molecule has 116 valence electrons. The first-order valence-electron chi connectivity index (χ1n) is 6.60. The molecule has 1 amide bonds. The zero-order valence-electron chi connectivity index (χ0n) is 11.4. The highest BCUT2D eigenvalue weighted by atomic mass is 32.2. The van der Waals surface area contributed by atoms with Crippen LogP contribution in [0.25, 0.3) is 0 Å². The first kappa shape index (κ1) is 14.8. The average Bonchev–Trinajstić information content (AvgIpc) is 3.18. The Hall–Kier alpha value is -2.11. The lowest BCUT2D eigenvalue weighted by Crippen LogP contribution is -2.23. The third-order valence-electron chi connectivity index (χ3n) is 3.65. The summed E-state index contributed by atoms with van der Waals surface area (Å²) in [6.07, 6.45) is 1.52. The van der Waals surface area contributed by atoms with Crippen molar-refractivity contribution in [2.24, 2.45) is 5.41 Å². The Bertz CT molecular complexity index is 736. The van der Waals surface area contributed by atoms with E-state index in [1.54, 1.807) is 0 Å². The number of nitrogens with one attached hydrogen (secondary N) is 1. The molecule has 1 aromatic rings. The van der Waals surface area contributed by atoms with Crippen molar-refractivity contribution in [3.05, 3.63) is 23.5 Å². The molecule has 6 nitrogen and oxygen atoms in total. The molecule has 8 heteroatoms. The summed E-state index contributed by atoms with van der Waals surface area (Å²) in [6, 6.07) is 2.55. The highest BCUT2D eigenvalue weighted by Crippen LogP contribution is 2.44. The van der Waals surface area contributed by atoms with Crippen molar-refractivity contribution in [2.45, 2.75) is 12.8 Å². The summed E-state index contributed by atoms with van der Waals surface area (Å²) < 4.78 is 29.3. The Balaban J connectivity index is 1.99. The van der Waals surface area contributed by atoms with Crippen molar-refractivity contribution >= 4 is 22.8 Å². The van der Waals surface area contributed by atoms with Crippen molar-refractivity contribution in [1.29, 1.82) is 0 Å². The molecule has 1 aliphatic heterocycles. The van der Waals surface area contributed by atoms with Crippen LogP contribution < -0.4 is 9.03 Å². The predicted octanol–water partition coefficient (Wildman–Crippen LogP) is 0.170. The number of hydrogen-bond donors (Lipinski definition) is 3. The van der Waals surface area contributed by atoms with E-state index in [2.05, 4.69) is 16.6 Å². The van der Waals surface area contributed by atoms with E-state index < -0.39 is 34.1 Å². The number of rotatable bonds is 2. The Kier molecular flexibility index (Phi) is 3.54. The van der Waals surface area contributed by atoms with E-state index in [9.17, 15) is 23.6 Å². The highest BCUT2D eigenvalue weighted by molar-refractivity contribution is 7.85. The minimum atomic E-state index is -1.94. The van der Waals surface area contributed by atoms with Gasteiger partial charge in [0.15, 0.2) is 5.82 Å². The molecule has 3 rings (SSSR count). The van der Waals surface area contributed by atoms with E-state index in [0.717, 1.165) is 17.1 Å². The van der Waals surface area contributed by atoms with Gasteiger partial charge in [0.2, 0.25) is 11.2 Å². The van der Waals surface area contributed by atoms with Crippen LogP contribution in [0.4, 0.5) is 10.1 Å². The largest absolute Gasteiger partial charge is 0.506 e. The number of phenolic OH excluding ortho intramolecular Hbond substituents is 1. The molecule has 0 radical (unpaired) electrons. The zero-order valence-corrected chi connectivity index (χ0v) is 12.2. The molecule has 1 saturated carbocycles. The normalized spacial score (nSPS) is 22.0. The molecule has 1 saturated heterocycles. The van der Waals surface area contributed by atoms with Gasteiger partial charge in [-0.25, -0.2) is 8.60 Å². The smallest absolute Gasteiger partial charge is 0.253 e. The van der Waals surface area contributed by atoms with Gasteiger partial charge in [0.25, 0.3) is 5.91 Å². The van der Waals surface area contributed by atoms with Crippen LogP contribution >= 0.6 is 0 Å². The first-order chi connectivity index (χ1) is 10.5. The van der Waals surface area contributed by atoms with Gasteiger partial charge in [0, 0.05) is 0 Å². The molecule has 3 N–H and O–H groups in total. The lowest BCUT2D eigenvalue weighted by Gasteiger charge is -2.16. The summed E-state index contributed by atoms with van der Waals surface area (Å²) in [5.74, 6) is 3.71. The number of benzene rings is 1. The Labute approximate surface area is 128 Å². The molecule has 1 heterocycles. The van der Waals surface area contributed by atoms with E-state index in [1.165, 1.54) is 12.1 Å². The van der Waals surface area contributed by atoms with E-state index in [4.69, 9.17) is 0 Å². The molecule has 1 unspecified atom stereocenters. The number of aromatic hydroxyl groups is 1. The molecule has 1 aliphatic carbocycles. The number of hydrogen-bond acceptors (Lipinski definition) is 4. The number of aliphatic hydroxyl groups excluding tert-OH is 1. The Morgan fingerprint density at radius 1 is 1.45 bits per heavy atom. The van der Waals surface area contributed by atoms with Crippen molar-refractivity contribution in [1.82, 2.24) is 4.72 Å². The van der Waals surface area contributed by atoms with Gasteiger partial charge >= 0.3 is 0 Å². The van der Waals surface area contributed by atoms with E-state index in [-0.39, 0.29) is 24.4 Å². The van der Waals surface area contributed by atoms with Crippen LogP contribution in [-0.2, 0) is 16.0 Å². The topological polar surface area (TPSA) is 89.9 Å². The van der Waals surface area contributed by atoms with Gasteiger partial charge in [0.1, 0.15) is 18.0 Å². The average molecular weight is 324 g/mol. The fourth-order valence-electron chi connectivity index (χ4n) is 2.10. The minimum absolute atomic E-state index is 0.0175. The summed E-state index contributed by atoms with van der Waals surface area (Å²) in [5, 5.41) is 19.0. The van der Waals surface area contributed by atoms with E-state index in [1.807, 2.05) is 0 Å². The molecule has 2 aliphatic rings. The van der Waals surface area contributed by atoms with Crippen LogP contribution in [0.15, 0.2) is 12.1 Å². The monoisotopic (exact) mass is 324 g/mol. The quantitative estimate of drug-likeness (QED) is 0.677. The number of carbonyl (C=O) groups is 1. The maximum Gasteiger partial charge on any atom is 0.253 e. The molecule has 0 aromatic heterocycles. The molecule has 0 bridgehead atoms. The van der Waals surface area contributed by atoms with Crippen molar-refractivity contribution in [2.75, 3.05) is 17.5 Å². The number of carbonyl (C=O) groups excluding carboxylic acids is 1. The van der Waals surface area contributed by atoms with Crippen molar-refractivity contribution in [3.63, 3.8) is 0 Å². The Morgan fingerprint density at radius 3 is 2.73 bits per heavy atom. The lowest BCUT2D eigenvalue weighted by molar-refractivity contribution is -0.117. The molecule has 22 heavy (non-hydrogen) atoms. The summed E-state index contributed by atoms with van der Waals surface area (Å²) in [4.78, 5) is 11.2. The number of aliphatic hydroxyl groups is 1. The first-order valence-corrected chi connectivity index (χ1v) is 7.71. The summed E-state index contributed by atoms with van der Waals surface area (Å²) >= 11 is -1.94. The van der Waals surface area contributed by atoms with Gasteiger partial charge in [-0.3, -0.25) is 13.8 Å². The molecule has 2 fully saturated rings. The zero-order chi connectivity index (χ0) is 15.9. The second-order valence-corrected chi connectivity index (χ2v) is 6.44. The number of phenols is 1. The van der Waals surface area contributed by atoms with Gasteiger partial charge < -0.3 is 10.2 Å². The summed E-state index contributed by atoms with van der Waals surface area (Å²) in [6.45, 7) is -0.393. The van der Waals surface area contributed by atoms with Gasteiger partial charge in [-0.15, -0.1) is 0 Å². The maximum atomic E-state index is 14.5. The third kappa shape index (κ3) is 2.53. The van der Waals surface area contributed by atoms with E-state index in [0.29, 0.717) is 0 Å². The summed E-state index contributed by atoms with van der Waals surface area (Å²) in [7, 11) is 0. The fraction of sp³-hybridized carbons (Fsp3) is 0.357. The van der Waals surface area contributed by atoms with Crippen molar-refractivity contribution < 1.29 is 23.6 Å². The van der Waals surface area contributed by atoms with Crippen LogP contribution in [0.5, 0.6) is 5.75 Å². The Morgan fingerprint density at radius 2 is 2.18 bits per heavy atom. The minimum Gasteiger partial charge on any atom is -0.506 e. The van der Waals surface area contributed by atoms with Crippen LogP contribution in [0.3, 0.4) is 0 Å². The maximum absolute atomic E-state index is 14.5. The molecule has 1 aromatic carbocycles. The predicted molar refractivity (Wildman–Crippen MR) is 77.3 cm³/mol.